The van der Waals surface area contributed by atoms with Crippen molar-refractivity contribution < 1.29 is 27.9 Å². The summed E-state index contributed by atoms with van der Waals surface area (Å²) in [7, 11) is 0. The van der Waals surface area contributed by atoms with Crippen molar-refractivity contribution in [1.82, 2.24) is 24.6 Å². The molecule has 0 bridgehead atoms. The van der Waals surface area contributed by atoms with Crippen LogP contribution in [0.1, 0.15) is 87.8 Å². The molecule has 6 rings (SSSR count). The summed E-state index contributed by atoms with van der Waals surface area (Å²) in [6.07, 6.45) is 2.68. The molecule has 0 atom stereocenters. The maximum Gasteiger partial charge on any atom is 0.434 e. The summed E-state index contributed by atoms with van der Waals surface area (Å²) in [4.78, 5) is 34.9. The monoisotopic (exact) mass is 644 g/mol. The fraction of sp³-hybridized carbons (Fsp3) is 0.343. The maximum absolute atomic E-state index is 13.8. The van der Waals surface area contributed by atoms with E-state index >= 15 is 0 Å². The molecule has 1 amide bonds. The number of aromatic carboxylic acids is 1. The van der Waals surface area contributed by atoms with Crippen molar-refractivity contribution in [3.63, 3.8) is 0 Å². The number of likely N-dealkylation sites (tertiary alicyclic amines) is 1. The standard InChI is InChI=1S/C35H35F3N6O3/c1-22-19-24(23-14-17-43(18-15-23)33(45)30-9-4-5-16-39-30)12-13-28(22)40-20-25-7-2-3-8-26(25)29-10-6-11-31(42-29)44-32(35(36,37)38)27(21-41-44)34(46)47/h4-6,9-13,16,19,21,23,40H,2-3,7-8,14-15,17-18,20H2,1H3,(H,46,47). The summed E-state index contributed by atoms with van der Waals surface area (Å²) in [6.45, 7) is 4.00. The first-order valence-corrected chi connectivity index (χ1v) is 15.7. The lowest BCUT2D eigenvalue weighted by molar-refractivity contribution is -0.143. The molecule has 9 nitrogen and oxygen atoms in total. The average Bonchev–Trinajstić information content (AvgIpc) is 3.55. The number of hydrogen-bond acceptors (Lipinski definition) is 6. The minimum Gasteiger partial charge on any atom is -0.478 e. The van der Waals surface area contributed by atoms with Crippen molar-refractivity contribution >= 4 is 23.1 Å². The Morgan fingerprint density at radius 1 is 1.02 bits per heavy atom. The number of aryl methyl sites for hydroxylation is 1. The second kappa shape index (κ2) is 13.4. The molecular formula is C35H35F3N6O3. The maximum atomic E-state index is 13.8. The van der Waals surface area contributed by atoms with Gasteiger partial charge in [-0.3, -0.25) is 9.78 Å². The average molecular weight is 645 g/mol. The smallest absolute Gasteiger partial charge is 0.434 e. The van der Waals surface area contributed by atoms with Crippen LogP contribution in [-0.4, -0.2) is 61.3 Å². The molecule has 1 aliphatic heterocycles. The number of piperidine rings is 1. The molecule has 0 spiro atoms. The number of alkyl halides is 3. The molecule has 1 saturated heterocycles. The predicted octanol–water partition coefficient (Wildman–Crippen LogP) is 7.15. The minimum absolute atomic E-state index is 0.0298. The molecule has 1 fully saturated rings. The van der Waals surface area contributed by atoms with Gasteiger partial charge in [0.15, 0.2) is 11.5 Å². The number of carboxylic acids is 1. The fourth-order valence-electron chi connectivity index (χ4n) is 6.54. The first-order chi connectivity index (χ1) is 22.6. The Morgan fingerprint density at radius 2 is 1.81 bits per heavy atom. The number of nitrogens with zero attached hydrogens (tertiary/aromatic N) is 5. The van der Waals surface area contributed by atoms with Crippen LogP contribution in [0.15, 0.2) is 72.6 Å². The topological polar surface area (TPSA) is 113 Å². The fourth-order valence-corrected chi connectivity index (χ4v) is 6.54. The quantitative estimate of drug-likeness (QED) is 0.210. The summed E-state index contributed by atoms with van der Waals surface area (Å²) in [6, 6.07) is 16.6. The van der Waals surface area contributed by atoms with E-state index in [9.17, 15) is 27.9 Å². The molecule has 4 aromatic rings. The van der Waals surface area contributed by atoms with E-state index < -0.39 is 23.4 Å². The van der Waals surface area contributed by atoms with Gasteiger partial charge >= 0.3 is 12.1 Å². The Bertz CT molecular complexity index is 1810. The van der Waals surface area contributed by atoms with Crippen LogP contribution < -0.4 is 5.32 Å². The van der Waals surface area contributed by atoms with E-state index in [1.807, 2.05) is 11.0 Å². The first-order valence-electron chi connectivity index (χ1n) is 15.7. The number of benzene rings is 1. The van der Waals surface area contributed by atoms with Gasteiger partial charge in [-0.1, -0.05) is 24.3 Å². The Labute approximate surface area is 270 Å². The molecule has 47 heavy (non-hydrogen) atoms. The number of carbonyl (C=O) groups is 2. The third kappa shape index (κ3) is 6.91. The number of carboxylic acid groups (broad SMARTS) is 1. The lowest BCUT2D eigenvalue weighted by atomic mass is 9.88. The van der Waals surface area contributed by atoms with Crippen LogP contribution in [0.4, 0.5) is 18.9 Å². The van der Waals surface area contributed by atoms with E-state index in [4.69, 9.17) is 0 Å². The largest absolute Gasteiger partial charge is 0.478 e. The number of carbonyl (C=O) groups excluding carboxylic acids is 1. The minimum atomic E-state index is -4.93. The van der Waals surface area contributed by atoms with E-state index in [0.29, 0.717) is 47.8 Å². The summed E-state index contributed by atoms with van der Waals surface area (Å²) in [5, 5.41) is 16.6. The van der Waals surface area contributed by atoms with Gasteiger partial charge in [0.25, 0.3) is 5.91 Å². The van der Waals surface area contributed by atoms with Gasteiger partial charge in [-0.05, 0) is 104 Å². The van der Waals surface area contributed by atoms with Gasteiger partial charge in [-0.15, -0.1) is 0 Å². The number of hydrogen-bond donors (Lipinski definition) is 2. The summed E-state index contributed by atoms with van der Waals surface area (Å²) < 4.78 is 42.1. The number of aromatic nitrogens is 4. The molecular weight excluding hydrogens is 609 g/mol. The lowest BCUT2D eigenvalue weighted by Gasteiger charge is -2.32. The third-order valence-electron chi connectivity index (χ3n) is 8.99. The molecule has 1 aliphatic carbocycles. The van der Waals surface area contributed by atoms with Gasteiger partial charge in [0.1, 0.15) is 11.3 Å². The Kier molecular flexibility index (Phi) is 9.10. The number of rotatable bonds is 8. The normalized spacial score (nSPS) is 16.0. The molecule has 3 aromatic heterocycles. The van der Waals surface area contributed by atoms with E-state index in [2.05, 4.69) is 45.5 Å². The molecule has 244 valence electrons. The van der Waals surface area contributed by atoms with Crippen LogP contribution in [0.3, 0.4) is 0 Å². The highest BCUT2D eigenvalue weighted by molar-refractivity contribution is 5.92. The second-order valence-electron chi connectivity index (χ2n) is 12.0. The lowest BCUT2D eigenvalue weighted by Crippen LogP contribution is -2.38. The number of pyridine rings is 2. The number of allylic oxidation sites excluding steroid dienone is 1. The molecule has 12 heteroatoms. The van der Waals surface area contributed by atoms with Crippen LogP contribution in [0.25, 0.3) is 11.4 Å². The third-order valence-corrected chi connectivity index (χ3v) is 8.99. The Morgan fingerprint density at radius 3 is 2.51 bits per heavy atom. The van der Waals surface area contributed by atoms with E-state index in [0.717, 1.165) is 60.9 Å². The molecule has 0 unspecified atom stereocenters. The molecule has 4 heterocycles. The highest BCUT2D eigenvalue weighted by atomic mass is 19.4. The van der Waals surface area contributed by atoms with Crippen molar-refractivity contribution in [2.24, 2.45) is 0 Å². The van der Waals surface area contributed by atoms with Crippen molar-refractivity contribution in [2.45, 2.75) is 57.5 Å². The first kappa shape index (κ1) is 32.0. The van der Waals surface area contributed by atoms with Gasteiger partial charge in [0.2, 0.25) is 0 Å². The SMILES string of the molecule is Cc1cc(C2CCN(C(=O)c3ccccn3)CC2)ccc1NCC1=C(c2cccc(-n3ncc(C(=O)O)c3C(F)(F)F)n2)CCCC1. The van der Waals surface area contributed by atoms with E-state index in [1.54, 1.807) is 30.5 Å². The summed E-state index contributed by atoms with van der Waals surface area (Å²) in [5.74, 6) is -1.46. The summed E-state index contributed by atoms with van der Waals surface area (Å²) in [5.41, 5.74) is 4.22. The van der Waals surface area contributed by atoms with Crippen LogP contribution in [0.2, 0.25) is 0 Å². The van der Waals surface area contributed by atoms with Crippen LogP contribution in [-0.2, 0) is 6.18 Å². The van der Waals surface area contributed by atoms with Crippen LogP contribution in [0.5, 0.6) is 0 Å². The van der Waals surface area contributed by atoms with E-state index in [-0.39, 0.29) is 11.7 Å². The van der Waals surface area contributed by atoms with Gasteiger partial charge in [0.05, 0.1) is 11.9 Å². The van der Waals surface area contributed by atoms with Crippen LogP contribution >= 0.6 is 0 Å². The van der Waals surface area contributed by atoms with Crippen molar-refractivity contribution in [2.75, 3.05) is 25.0 Å². The molecule has 0 radical (unpaired) electrons. The highest BCUT2D eigenvalue weighted by Gasteiger charge is 2.41. The number of halogens is 3. The Hall–Kier alpha value is -5.00. The number of anilines is 1. The zero-order valence-electron chi connectivity index (χ0n) is 25.9. The van der Waals surface area contributed by atoms with Crippen molar-refractivity contribution in [1.29, 1.82) is 0 Å². The summed E-state index contributed by atoms with van der Waals surface area (Å²) >= 11 is 0. The van der Waals surface area contributed by atoms with Crippen LogP contribution in [0, 0.1) is 6.92 Å². The zero-order valence-corrected chi connectivity index (χ0v) is 25.9. The van der Waals surface area contributed by atoms with Gasteiger partial charge in [-0.25, -0.2) is 14.5 Å². The number of nitrogens with one attached hydrogen (secondary N) is 1. The van der Waals surface area contributed by atoms with Crippen molar-refractivity contribution in [3.8, 4) is 5.82 Å². The van der Waals surface area contributed by atoms with Gasteiger partial charge < -0.3 is 15.3 Å². The highest BCUT2D eigenvalue weighted by Crippen LogP contribution is 2.36. The van der Waals surface area contributed by atoms with E-state index in [1.165, 1.54) is 11.6 Å². The zero-order chi connectivity index (χ0) is 33.1. The molecule has 2 N–H and O–H groups in total. The molecule has 0 saturated carbocycles. The van der Waals surface area contributed by atoms with Gasteiger partial charge in [0, 0.05) is 31.5 Å². The second-order valence-corrected chi connectivity index (χ2v) is 12.0. The number of amides is 1. The van der Waals surface area contributed by atoms with Gasteiger partial charge in [-0.2, -0.15) is 18.3 Å². The molecule has 1 aromatic carbocycles. The molecule has 2 aliphatic rings. The Balaban J connectivity index is 1.15. The van der Waals surface area contributed by atoms with Crippen molar-refractivity contribution in [3.05, 3.63) is 106 Å². The predicted molar refractivity (Wildman–Crippen MR) is 170 cm³/mol.